The Bertz CT molecular complexity index is 400. The first-order chi connectivity index (χ1) is 6.89. The molecule has 1 unspecified atom stereocenters. The molecule has 1 aromatic carbocycles. The molecule has 82 valence electrons. The molecule has 5 heteroatoms. The van der Waals surface area contributed by atoms with Gasteiger partial charge in [-0.1, -0.05) is 11.6 Å². The quantitative estimate of drug-likeness (QED) is 0.726. The maximum atomic E-state index is 12.5. The van der Waals surface area contributed by atoms with E-state index in [0.717, 1.165) is 11.6 Å². The molecule has 0 saturated heterocycles. The fraction of sp³-hybridized carbons (Fsp3) is 0.400. The van der Waals surface area contributed by atoms with Gasteiger partial charge in [-0.3, -0.25) is 0 Å². The van der Waals surface area contributed by atoms with Crippen LogP contribution in [0, 0.1) is 0 Å². The molecule has 1 aliphatic heterocycles. The maximum Gasteiger partial charge on any atom is 0.417 e. The van der Waals surface area contributed by atoms with Crippen molar-refractivity contribution in [2.75, 3.05) is 0 Å². The molecule has 1 nitrogen and oxygen atoms in total. The zero-order valence-electron chi connectivity index (χ0n) is 7.95. The van der Waals surface area contributed by atoms with Crippen molar-refractivity contribution in [3.63, 3.8) is 0 Å². The van der Waals surface area contributed by atoms with E-state index in [4.69, 9.17) is 11.6 Å². The van der Waals surface area contributed by atoms with Crippen molar-refractivity contribution in [2.45, 2.75) is 25.7 Å². The first-order valence-electron chi connectivity index (χ1n) is 4.52. The standard InChI is InChI=1S/C10H9ClF3N/c1-5-7-3-8(10(12,13)14)9(11)2-6(7)4-15-5/h2-3,5,15H,4H2,1H3. The third-order valence-electron chi connectivity index (χ3n) is 2.60. The Morgan fingerprint density at radius 2 is 2.07 bits per heavy atom. The van der Waals surface area contributed by atoms with E-state index in [0.29, 0.717) is 12.1 Å². The van der Waals surface area contributed by atoms with Gasteiger partial charge in [-0.2, -0.15) is 13.2 Å². The van der Waals surface area contributed by atoms with Gasteiger partial charge in [0.1, 0.15) is 0 Å². The molecule has 2 rings (SSSR count). The van der Waals surface area contributed by atoms with Gasteiger partial charge in [-0.05, 0) is 30.2 Å². The van der Waals surface area contributed by atoms with E-state index < -0.39 is 11.7 Å². The maximum absolute atomic E-state index is 12.5. The smallest absolute Gasteiger partial charge is 0.306 e. The topological polar surface area (TPSA) is 12.0 Å². The van der Waals surface area contributed by atoms with Crippen LogP contribution in [0.1, 0.15) is 29.7 Å². The van der Waals surface area contributed by atoms with Crippen molar-refractivity contribution < 1.29 is 13.2 Å². The summed E-state index contributed by atoms with van der Waals surface area (Å²) in [4.78, 5) is 0. The number of halogens is 4. The highest BCUT2D eigenvalue weighted by Gasteiger charge is 2.35. The molecule has 15 heavy (non-hydrogen) atoms. The van der Waals surface area contributed by atoms with Crippen LogP contribution in [0.3, 0.4) is 0 Å². The minimum absolute atomic E-state index is 0.0432. The molecule has 1 atom stereocenters. The highest BCUT2D eigenvalue weighted by Crippen LogP contribution is 2.39. The Kier molecular flexibility index (Phi) is 2.43. The third kappa shape index (κ3) is 1.84. The number of nitrogens with one attached hydrogen (secondary N) is 1. The van der Waals surface area contributed by atoms with Gasteiger partial charge in [-0.15, -0.1) is 0 Å². The second-order valence-corrected chi connectivity index (χ2v) is 4.04. The summed E-state index contributed by atoms with van der Waals surface area (Å²) < 4.78 is 37.6. The average Bonchev–Trinajstić information content (AvgIpc) is 2.44. The lowest BCUT2D eigenvalue weighted by Gasteiger charge is -2.12. The van der Waals surface area contributed by atoms with Crippen LogP contribution in [-0.4, -0.2) is 0 Å². The summed E-state index contributed by atoms with van der Waals surface area (Å²) in [6.45, 7) is 2.41. The van der Waals surface area contributed by atoms with E-state index >= 15 is 0 Å². The molecule has 0 bridgehead atoms. The second kappa shape index (κ2) is 3.39. The van der Waals surface area contributed by atoms with Gasteiger partial charge in [-0.25, -0.2) is 0 Å². The van der Waals surface area contributed by atoms with Gasteiger partial charge in [0, 0.05) is 12.6 Å². The number of hydrogen-bond donors (Lipinski definition) is 1. The second-order valence-electron chi connectivity index (χ2n) is 3.63. The molecule has 1 N–H and O–H groups in total. The Morgan fingerprint density at radius 3 is 2.67 bits per heavy atom. The van der Waals surface area contributed by atoms with E-state index in [1.165, 1.54) is 6.07 Å². The molecule has 0 saturated carbocycles. The van der Waals surface area contributed by atoms with Gasteiger partial charge in [0.15, 0.2) is 0 Å². The van der Waals surface area contributed by atoms with Crippen LogP contribution in [0.2, 0.25) is 5.02 Å². The van der Waals surface area contributed by atoms with E-state index in [1.807, 2.05) is 6.92 Å². The van der Waals surface area contributed by atoms with Crippen molar-refractivity contribution in [2.24, 2.45) is 0 Å². The van der Waals surface area contributed by atoms with Gasteiger partial charge < -0.3 is 5.32 Å². The number of fused-ring (bicyclic) bond motifs is 1. The van der Waals surface area contributed by atoms with Gasteiger partial charge in [0.25, 0.3) is 0 Å². The lowest BCUT2D eigenvalue weighted by molar-refractivity contribution is -0.137. The number of hydrogen-bond acceptors (Lipinski definition) is 1. The van der Waals surface area contributed by atoms with Gasteiger partial charge in [0.2, 0.25) is 0 Å². The highest BCUT2D eigenvalue weighted by atomic mass is 35.5. The molecule has 0 aliphatic carbocycles. The summed E-state index contributed by atoms with van der Waals surface area (Å²) in [6.07, 6.45) is -4.38. The average molecular weight is 236 g/mol. The Balaban J connectivity index is 2.55. The predicted molar refractivity (Wildman–Crippen MR) is 51.7 cm³/mol. The van der Waals surface area contributed by atoms with E-state index in [2.05, 4.69) is 5.32 Å². The summed E-state index contributed by atoms with van der Waals surface area (Å²) in [5.41, 5.74) is 0.783. The SMILES string of the molecule is CC1NCc2cc(Cl)c(C(F)(F)F)cc21. The van der Waals surface area contributed by atoms with Crippen molar-refractivity contribution in [1.29, 1.82) is 0 Å². The minimum Gasteiger partial charge on any atom is -0.306 e. The fourth-order valence-corrected chi connectivity index (χ4v) is 2.07. The molecule has 0 aromatic heterocycles. The first kappa shape index (κ1) is 10.8. The van der Waals surface area contributed by atoms with E-state index in [1.54, 1.807) is 0 Å². The van der Waals surface area contributed by atoms with E-state index in [-0.39, 0.29) is 11.1 Å². The molecule has 0 radical (unpaired) electrons. The molecule has 0 spiro atoms. The van der Waals surface area contributed by atoms with Crippen LogP contribution in [-0.2, 0) is 12.7 Å². The molecular formula is C10H9ClF3N. The normalized spacial score (nSPS) is 20.5. The zero-order chi connectivity index (χ0) is 11.2. The van der Waals surface area contributed by atoms with Crippen LogP contribution >= 0.6 is 11.6 Å². The molecule has 1 heterocycles. The van der Waals surface area contributed by atoms with Gasteiger partial charge in [0.05, 0.1) is 10.6 Å². The van der Waals surface area contributed by atoms with Crippen LogP contribution in [0.5, 0.6) is 0 Å². The molecule has 0 fully saturated rings. The summed E-state index contributed by atoms with van der Waals surface area (Å²) >= 11 is 5.59. The number of alkyl halides is 3. The molecule has 0 amide bonds. The number of rotatable bonds is 0. The summed E-state index contributed by atoms with van der Waals surface area (Å²) in [7, 11) is 0. The summed E-state index contributed by atoms with van der Waals surface area (Å²) in [6, 6.07) is 2.50. The molecule has 1 aliphatic rings. The van der Waals surface area contributed by atoms with Gasteiger partial charge >= 0.3 is 6.18 Å². The van der Waals surface area contributed by atoms with Crippen LogP contribution in [0.25, 0.3) is 0 Å². The fourth-order valence-electron chi connectivity index (χ4n) is 1.78. The molecular weight excluding hydrogens is 227 g/mol. The van der Waals surface area contributed by atoms with Crippen LogP contribution in [0.4, 0.5) is 13.2 Å². The Hall–Kier alpha value is -0.740. The zero-order valence-corrected chi connectivity index (χ0v) is 8.71. The molecule has 1 aromatic rings. The van der Waals surface area contributed by atoms with Crippen LogP contribution in [0.15, 0.2) is 12.1 Å². The first-order valence-corrected chi connectivity index (χ1v) is 4.90. The largest absolute Gasteiger partial charge is 0.417 e. The lowest BCUT2D eigenvalue weighted by atomic mass is 10.0. The summed E-state index contributed by atoms with van der Waals surface area (Å²) in [5, 5.41) is 2.84. The number of benzene rings is 1. The summed E-state index contributed by atoms with van der Waals surface area (Å²) in [5.74, 6) is 0. The monoisotopic (exact) mass is 235 g/mol. The van der Waals surface area contributed by atoms with Crippen molar-refractivity contribution in [3.05, 3.63) is 33.8 Å². The van der Waals surface area contributed by atoms with Crippen LogP contribution < -0.4 is 5.32 Å². The highest BCUT2D eigenvalue weighted by molar-refractivity contribution is 6.31. The van der Waals surface area contributed by atoms with Crippen molar-refractivity contribution >= 4 is 11.6 Å². The Morgan fingerprint density at radius 1 is 1.40 bits per heavy atom. The predicted octanol–water partition coefficient (Wildman–Crippen LogP) is 3.52. The van der Waals surface area contributed by atoms with Crippen molar-refractivity contribution in [1.82, 2.24) is 5.32 Å². The third-order valence-corrected chi connectivity index (χ3v) is 2.91. The minimum atomic E-state index is -4.38. The van der Waals surface area contributed by atoms with E-state index in [9.17, 15) is 13.2 Å². The lowest BCUT2D eigenvalue weighted by Crippen LogP contribution is -2.09. The Labute approximate surface area is 90.2 Å². The van der Waals surface area contributed by atoms with Crippen molar-refractivity contribution in [3.8, 4) is 0 Å².